The summed E-state index contributed by atoms with van der Waals surface area (Å²) in [5, 5.41) is 3.16. The minimum Gasteiger partial charge on any atom is -0.330 e. The highest BCUT2D eigenvalue weighted by Crippen LogP contribution is 2.17. The maximum atomic E-state index is 5.72. The summed E-state index contributed by atoms with van der Waals surface area (Å²) >= 11 is 0. The molecule has 0 aliphatic carbocycles. The predicted molar refractivity (Wildman–Crippen MR) is 56.9 cm³/mol. The van der Waals surface area contributed by atoms with Crippen LogP contribution in [-0.2, 0) is 0 Å². The number of rotatable bonds is 4. The number of nitrogens with two attached hydrogens (primary N) is 1. The lowest BCUT2D eigenvalue weighted by molar-refractivity contribution is 0.634. The molecule has 0 spiro atoms. The van der Waals surface area contributed by atoms with Gasteiger partial charge in [-0.05, 0) is 25.1 Å². The number of likely N-dealkylation sites (N-methyl/N-ethyl adjacent to an activating group) is 1. The molecule has 0 fully saturated rings. The standard InChI is InChI=1S/C11H18N2/c1-9-5-3-4-6-11(9)10(7-12)8-13-2/h3-6,10,13H,7-8,12H2,1-2H3. The van der Waals surface area contributed by atoms with Crippen LogP contribution in [0.4, 0.5) is 0 Å². The number of aryl methyl sites for hydroxylation is 1. The van der Waals surface area contributed by atoms with E-state index in [9.17, 15) is 0 Å². The van der Waals surface area contributed by atoms with E-state index in [-0.39, 0.29) is 0 Å². The summed E-state index contributed by atoms with van der Waals surface area (Å²) in [6, 6.07) is 8.42. The molecule has 0 aliphatic rings. The molecule has 0 bridgehead atoms. The van der Waals surface area contributed by atoms with E-state index < -0.39 is 0 Å². The van der Waals surface area contributed by atoms with Crippen LogP contribution in [0.2, 0.25) is 0 Å². The van der Waals surface area contributed by atoms with E-state index in [0.717, 1.165) is 6.54 Å². The van der Waals surface area contributed by atoms with Gasteiger partial charge in [0.25, 0.3) is 0 Å². The average molecular weight is 178 g/mol. The summed E-state index contributed by atoms with van der Waals surface area (Å²) in [5.41, 5.74) is 8.41. The SMILES string of the molecule is CNCC(CN)c1ccccc1C. The van der Waals surface area contributed by atoms with Gasteiger partial charge >= 0.3 is 0 Å². The molecule has 1 atom stereocenters. The second kappa shape index (κ2) is 5.00. The van der Waals surface area contributed by atoms with Crippen LogP contribution >= 0.6 is 0 Å². The summed E-state index contributed by atoms with van der Waals surface area (Å²) in [5.74, 6) is 0.436. The molecule has 2 heteroatoms. The van der Waals surface area contributed by atoms with Gasteiger partial charge in [0.2, 0.25) is 0 Å². The Morgan fingerprint density at radius 2 is 2.08 bits per heavy atom. The van der Waals surface area contributed by atoms with Gasteiger partial charge in [0.15, 0.2) is 0 Å². The van der Waals surface area contributed by atoms with E-state index in [1.54, 1.807) is 0 Å². The van der Waals surface area contributed by atoms with E-state index in [0.29, 0.717) is 12.5 Å². The smallest absolute Gasteiger partial charge is 0.00888 e. The lowest BCUT2D eigenvalue weighted by Gasteiger charge is -2.16. The summed E-state index contributed by atoms with van der Waals surface area (Å²) in [6.07, 6.45) is 0. The third-order valence-corrected chi connectivity index (χ3v) is 2.36. The van der Waals surface area contributed by atoms with Crippen molar-refractivity contribution in [2.75, 3.05) is 20.1 Å². The van der Waals surface area contributed by atoms with E-state index in [4.69, 9.17) is 5.73 Å². The normalized spacial score (nSPS) is 12.8. The van der Waals surface area contributed by atoms with Gasteiger partial charge in [-0.3, -0.25) is 0 Å². The van der Waals surface area contributed by atoms with Gasteiger partial charge in [-0.2, -0.15) is 0 Å². The molecule has 0 aromatic heterocycles. The second-order valence-corrected chi connectivity index (χ2v) is 3.35. The van der Waals surface area contributed by atoms with Gasteiger partial charge in [-0.15, -0.1) is 0 Å². The maximum Gasteiger partial charge on any atom is 0.00888 e. The first-order valence-electron chi connectivity index (χ1n) is 4.69. The van der Waals surface area contributed by atoms with Crippen LogP contribution < -0.4 is 11.1 Å². The van der Waals surface area contributed by atoms with Gasteiger partial charge < -0.3 is 11.1 Å². The van der Waals surface area contributed by atoms with Crippen molar-refractivity contribution in [3.63, 3.8) is 0 Å². The van der Waals surface area contributed by atoms with E-state index in [1.165, 1.54) is 11.1 Å². The summed E-state index contributed by atoms with van der Waals surface area (Å²) in [4.78, 5) is 0. The first-order chi connectivity index (χ1) is 6.29. The fourth-order valence-electron chi connectivity index (χ4n) is 1.61. The minimum atomic E-state index is 0.436. The zero-order valence-electron chi connectivity index (χ0n) is 8.38. The highest BCUT2D eigenvalue weighted by atomic mass is 14.8. The Kier molecular flexibility index (Phi) is 3.93. The van der Waals surface area contributed by atoms with Crippen LogP contribution in [0.15, 0.2) is 24.3 Å². The zero-order valence-corrected chi connectivity index (χ0v) is 8.38. The van der Waals surface area contributed by atoms with E-state index in [2.05, 4.69) is 36.5 Å². The topological polar surface area (TPSA) is 38.0 Å². The molecule has 0 aliphatic heterocycles. The summed E-state index contributed by atoms with van der Waals surface area (Å²) in [7, 11) is 1.96. The molecule has 1 rings (SSSR count). The van der Waals surface area contributed by atoms with Crippen molar-refractivity contribution in [1.29, 1.82) is 0 Å². The Morgan fingerprint density at radius 1 is 1.38 bits per heavy atom. The number of hydrogen-bond donors (Lipinski definition) is 2. The average Bonchev–Trinajstić information content (AvgIpc) is 2.16. The Bertz CT molecular complexity index is 258. The molecule has 2 nitrogen and oxygen atoms in total. The van der Waals surface area contributed by atoms with Crippen LogP contribution in [0.5, 0.6) is 0 Å². The Balaban J connectivity index is 2.84. The van der Waals surface area contributed by atoms with Gasteiger partial charge in [-0.1, -0.05) is 24.3 Å². The van der Waals surface area contributed by atoms with E-state index in [1.807, 2.05) is 7.05 Å². The van der Waals surface area contributed by atoms with Crippen LogP contribution in [0.1, 0.15) is 17.0 Å². The van der Waals surface area contributed by atoms with Crippen LogP contribution in [0.25, 0.3) is 0 Å². The summed E-state index contributed by atoms with van der Waals surface area (Å²) < 4.78 is 0. The molecule has 0 saturated carbocycles. The van der Waals surface area contributed by atoms with Crippen molar-refractivity contribution in [3.05, 3.63) is 35.4 Å². The Hall–Kier alpha value is -0.860. The van der Waals surface area contributed by atoms with Crippen LogP contribution in [0, 0.1) is 6.92 Å². The molecule has 1 aromatic carbocycles. The quantitative estimate of drug-likeness (QED) is 0.728. The van der Waals surface area contributed by atoms with Crippen molar-refractivity contribution in [2.24, 2.45) is 5.73 Å². The van der Waals surface area contributed by atoms with Crippen LogP contribution in [-0.4, -0.2) is 20.1 Å². The molecule has 72 valence electrons. The monoisotopic (exact) mass is 178 g/mol. The molecule has 1 unspecified atom stereocenters. The van der Waals surface area contributed by atoms with Crippen molar-refractivity contribution in [1.82, 2.24) is 5.32 Å². The summed E-state index contributed by atoms with van der Waals surface area (Å²) in [6.45, 7) is 3.78. The fraction of sp³-hybridized carbons (Fsp3) is 0.455. The minimum absolute atomic E-state index is 0.436. The molecule has 1 aromatic rings. The molecular weight excluding hydrogens is 160 g/mol. The predicted octanol–water partition coefficient (Wildman–Crippen LogP) is 1.26. The Morgan fingerprint density at radius 3 is 2.62 bits per heavy atom. The van der Waals surface area contributed by atoms with E-state index >= 15 is 0 Å². The largest absolute Gasteiger partial charge is 0.330 e. The Labute approximate surface area is 80.1 Å². The maximum absolute atomic E-state index is 5.72. The van der Waals surface area contributed by atoms with Crippen LogP contribution in [0.3, 0.4) is 0 Å². The third kappa shape index (κ3) is 2.54. The number of nitrogens with one attached hydrogen (secondary N) is 1. The first kappa shape index (κ1) is 10.2. The molecule has 3 N–H and O–H groups in total. The lowest BCUT2D eigenvalue weighted by atomic mass is 9.95. The fourth-order valence-corrected chi connectivity index (χ4v) is 1.61. The highest BCUT2D eigenvalue weighted by Gasteiger charge is 2.09. The highest BCUT2D eigenvalue weighted by molar-refractivity contribution is 5.29. The molecule has 0 saturated heterocycles. The first-order valence-corrected chi connectivity index (χ1v) is 4.69. The van der Waals surface area contributed by atoms with Gasteiger partial charge in [0.05, 0.1) is 0 Å². The number of hydrogen-bond acceptors (Lipinski definition) is 2. The third-order valence-electron chi connectivity index (χ3n) is 2.36. The zero-order chi connectivity index (χ0) is 9.68. The van der Waals surface area contributed by atoms with Crippen molar-refractivity contribution < 1.29 is 0 Å². The van der Waals surface area contributed by atoms with Gasteiger partial charge in [-0.25, -0.2) is 0 Å². The van der Waals surface area contributed by atoms with Crippen molar-refractivity contribution >= 4 is 0 Å². The van der Waals surface area contributed by atoms with Gasteiger partial charge in [0.1, 0.15) is 0 Å². The molecule has 0 heterocycles. The molecule has 0 amide bonds. The van der Waals surface area contributed by atoms with Crippen molar-refractivity contribution in [3.8, 4) is 0 Å². The van der Waals surface area contributed by atoms with Crippen molar-refractivity contribution in [2.45, 2.75) is 12.8 Å². The molecule has 0 radical (unpaired) electrons. The number of benzene rings is 1. The molecule has 13 heavy (non-hydrogen) atoms. The molecular formula is C11H18N2. The second-order valence-electron chi connectivity index (χ2n) is 3.35. The van der Waals surface area contributed by atoms with Gasteiger partial charge in [0, 0.05) is 19.0 Å². The lowest BCUT2D eigenvalue weighted by Crippen LogP contribution is -2.24.